The first kappa shape index (κ1) is 9.46. The first-order valence-electron chi connectivity index (χ1n) is 5.69. The fraction of sp³-hybridized carbons (Fsp3) is 0.308. The minimum Gasteiger partial charge on any atom is -0.396 e. The van der Waals surface area contributed by atoms with Gasteiger partial charge in [-0.3, -0.25) is 4.68 Å². The Balaban J connectivity index is 1.90. The van der Waals surface area contributed by atoms with Crippen LogP contribution in [0.2, 0.25) is 0 Å². The molecule has 0 atom stereocenters. The van der Waals surface area contributed by atoms with Gasteiger partial charge in [-0.15, -0.1) is 0 Å². The van der Waals surface area contributed by atoms with Crippen molar-refractivity contribution in [2.45, 2.75) is 25.3 Å². The predicted octanol–water partition coefficient (Wildman–Crippen LogP) is 2.39. The molecule has 1 aromatic heterocycles. The van der Waals surface area contributed by atoms with Crippen LogP contribution in [-0.4, -0.2) is 9.78 Å². The molecule has 16 heavy (non-hydrogen) atoms. The van der Waals surface area contributed by atoms with E-state index in [4.69, 9.17) is 5.73 Å². The van der Waals surface area contributed by atoms with Crippen molar-refractivity contribution in [2.24, 2.45) is 0 Å². The summed E-state index contributed by atoms with van der Waals surface area (Å²) in [5, 5.41) is 4.36. The van der Waals surface area contributed by atoms with Gasteiger partial charge in [0.05, 0.1) is 24.1 Å². The second kappa shape index (κ2) is 3.67. The van der Waals surface area contributed by atoms with Crippen LogP contribution in [0.4, 0.5) is 5.69 Å². The highest BCUT2D eigenvalue weighted by Crippen LogP contribution is 2.42. The maximum atomic E-state index is 5.95. The van der Waals surface area contributed by atoms with Crippen LogP contribution >= 0.6 is 0 Å². The summed E-state index contributed by atoms with van der Waals surface area (Å²) in [6.45, 7) is 0.823. The maximum Gasteiger partial charge on any atom is 0.0736 e. The molecule has 82 valence electrons. The predicted molar refractivity (Wildman–Crippen MR) is 64.2 cm³/mol. The molecule has 2 N–H and O–H groups in total. The molecule has 0 amide bonds. The van der Waals surface area contributed by atoms with Crippen molar-refractivity contribution >= 4 is 5.69 Å². The highest BCUT2D eigenvalue weighted by molar-refractivity contribution is 5.45. The van der Waals surface area contributed by atoms with Crippen molar-refractivity contribution in [3.63, 3.8) is 0 Å². The summed E-state index contributed by atoms with van der Waals surface area (Å²) in [5.41, 5.74) is 9.30. The van der Waals surface area contributed by atoms with E-state index in [1.54, 1.807) is 6.20 Å². The van der Waals surface area contributed by atoms with Gasteiger partial charge in [0.15, 0.2) is 0 Å². The van der Waals surface area contributed by atoms with Crippen LogP contribution in [-0.2, 0) is 6.54 Å². The smallest absolute Gasteiger partial charge is 0.0736 e. The molecule has 1 heterocycles. The number of hydrogen-bond acceptors (Lipinski definition) is 2. The average molecular weight is 213 g/mol. The van der Waals surface area contributed by atoms with Gasteiger partial charge in [-0.1, -0.05) is 30.3 Å². The van der Waals surface area contributed by atoms with Crippen LogP contribution in [0.15, 0.2) is 36.5 Å². The zero-order valence-corrected chi connectivity index (χ0v) is 9.13. The lowest BCUT2D eigenvalue weighted by Gasteiger charge is -2.07. The Morgan fingerprint density at radius 2 is 2.00 bits per heavy atom. The van der Waals surface area contributed by atoms with Gasteiger partial charge in [0.2, 0.25) is 0 Å². The van der Waals surface area contributed by atoms with Crippen LogP contribution in [0.3, 0.4) is 0 Å². The SMILES string of the molecule is Nc1cnn(Cc2ccccc2)c1C1CC1. The number of rotatable bonds is 3. The Kier molecular flexibility index (Phi) is 2.17. The molecule has 0 bridgehead atoms. The molecule has 0 aliphatic heterocycles. The van der Waals surface area contributed by atoms with Crippen molar-refractivity contribution in [1.82, 2.24) is 9.78 Å². The molecule has 1 saturated carbocycles. The Labute approximate surface area is 94.9 Å². The summed E-state index contributed by atoms with van der Waals surface area (Å²) in [6.07, 6.45) is 4.28. The van der Waals surface area contributed by atoms with Gasteiger partial charge in [0.1, 0.15) is 0 Å². The number of aromatic nitrogens is 2. The zero-order chi connectivity index (χ0) is 11.0. The summed E-state index contributed by atoms with van der Waals surface area (Å²) in [6, 6.07) is 10.4. The Morgan fingerprint density at radius 1 is 1.25 bits per heavy atom. The first-order valence-corrected chi connectivity index (χ1v) is 5.69. The second-order valence-electron chi connectivity index (χ2n) is 4.40. The van der Waals surface area contributed by atoms with Crippen LogP contribution in [0, 0.1) is 0 Å². The van der Waals surface area contributed by atoms with E-state index in [1.807, 2.05) is 10.7 Å². The van der Waals surface area contributed by atoms with Crippen LogP contribution < -0.4 is 5.73 Å². The Bertz CT molecular complexity index is 483. The van der Waals surface area contributed by atoms with E-state index in [0.717, 1.165) is 12.2 Å². The van der Waals surface area contributed by atoms with Crippen molar-refractivity contribution in [1.29, 1.82) is 0 Å². The third-order valence-corrected chi connectivity index (χ3v) is 3.05. The lowest BCUT2D eigenvalue weighted by molar-refractivity contribution is 0.647. The van der Waals surface area contributed by atoms with Gasteiger partial charge < -0.3 is 5.73 Å². The van der Waals surface area contributed by atoms with Gasteiger partial charge >= 0.3 is 0 Å². The van der Waals surface area contributed by atoms with Gasteiger partial charge in [0, 0.05) is 5.92 Å². The standard InChI is InChI=1S/C13H15N3/c14-12-8-15-16(13(12)11-6-7-11)9-10-4-2-1-3-5-10/h1-5,8,11H,6-7,9,14H2. The molecule has 0 saturated heterocycles. The van der Waals surface area contributed by atoms with Crippen LogP contribution in [0.5, 0.6) is 0 Å². The fourth-order valence-corrected chi connectivity index (χ4v) is 2.09. The number of nitrogens with zero attached hydrogens (tertiary/aromatic N) is 2. The summed E-state index contributed by atoms with van der Waals surface area (Å²) >= 11 is 0. The quantitative estimate of drug-likeness (QED) is 0.850. The minimum absolute atomic E-state index is 0.645. The molecule has 0 spiro atoms. The lowest BCUT2D eigenvalue weighted by Crippen LogP contribution is -2.06. The van der Waals surface area contributed by atoms with E-state index in [9.17, 15) is 0 Å². The van der Waals surface area contributed by atoms with E-state index in [1.165, 1.54) is 24.1 Å². The third kappa shape index (κ3) is 1.69. The molecule has 0 radical (unpaired) electrons. The van der Waals surface area contributed by atoms with E-state index in [-0.39, 0.29) is 0 Å². The number of nitrogen functional groups attached to an aromatic ring is 1. The number of benzene rings is 1. The first-order chi connectivity index (χ1) is 7.84. The molecule has 1 aromatic carbocycles. The van der Waals surface area contributed by atoms with Crippen molar-refractivity contribution in [3.05, 3.63) is 47.8 Å². The Hall–Kier alpha value is -1.77. The highest BCUT2D eigenvalue weighted by Gasteiger charge is 2.29. The minimum atomic E-state index is 0.645. The van der Waals surface area contributed by atoms with Gasteiger partial charge in [-0.05, 0) is 18.4 Å². The van der Waals surface area contributed by atoms with Gasteiger partial charge in [-0.2, -0.15) is 5.10 Å². The highest BCUT2D eigenvalue weighted by atomic mass is 15.3. The average Bonchev–Trinajstić information content (AvgIpc) is 3.07. The van der Waals surface area contributed by atoms with Crippen molar-refractivity contribution in [2.75, 3.05) is 5.73 Å². The van der Waals surface area contributed by atoms with E-state index < -0.39 is 0 Å². The van der Waals surface area contributed by atoms with E-state index in [0.29, 0.717) is 5.92 Å². The number of anilines is 1. The van der Waals surface area contributed by atoms with Crippen LogP contribution in [0.25, 0.3) is 0 Å². The van der Waals surface area contributed by atoms with Gasteiger partial charge in [-0.25, -0.2) is 0 Å². The largest absolute Gasteiger partial charge is 0.396 e. The molecule has 1 aliphatic rings. The summed E-state index contributed by atoms with van der Waals surface area (Å²) in [7, 11) is 0. The summed E-state index contributed by atoms with van der Waals surface area (Å²) in [4.78, 5) is 0. The molecule has 3 nitrogen and oxygen atoms in total. The normalized spacial score (nSPS) is 15.2. The van der Waals surface area contributed by atoms with E-state index in [2.05, 4.69) is 29.4 Å². The fourth-order valence-electron chi connectivity index (χ4n) is 2.09. The second-order valence-corrected chi connectivity index (χ2v) is 4.40. The van der Waals surface area contributed by atoms with Crippen molar-refractivity contribution < 1.29 is 0 Å². The van der Waals surface area contributed by atoms with Crippen LogP contribution in [0.1, 0.15) is 30.0 Å². The molecule has 2 aromatic rings. The van der Waals surface area contributed by atoms with Gasteiger partial charge in [0.25, 0.3) is 0 Å². The monoisotopic (exact) mass is 213 g/mol. The molecule has 0 unspecified atom stereocenters. The maximum absolute atomic E-state index is 5.95. The lowest BCUT2D eigenvalue weighted by atomic mass is 10.2. The topological polar surface area (TPSA) is 43.8 Å². The van der Waals surface area contributed by atoms with E-state index >= 15 is 0 Å². The third-order valence-electron chi connectivity index (χ3n) is 3.05. The number of nitrogens with two attached hydrogens (primary N) is 1. The molecule has 1 aliphatic carbocycles. The number of hydrogen-bond donors (Lipinski definition) is 1. The molecular weight excluding hydrogens is 198 g/mol. The molecular formula is C13H15N3. The molecule has 3 rings (SSSR count). The Morgan fingerprint density at radius 3 is 2.69 bits per heavy atom. The van der Waals surface area contributed by atoms with Crippen molar-refractivity contribution in [3.8, 4) is 0 Å². The summed E-state index contributed by atoms with van der Waals surface area (Å²) in [5.74, 6) is 0.645. The summed E-state index contributed by atoms with van der Waals surface area (Å²) < 4.78 is 2.04. The zero-order valence-electron chi connectivity index (χ0n) is 9.13. The molecule has 1 fully saturated rings. The molecule has 3 heteroatoms.